The Morgan fingerprint density at radius 2 is 1.89 bits per heavy atom. The van der Waals surface area contributed by atoms with Gasteiger partial charge in [-0.25, -0.2) is 0 Å². The van der Waals surface area contributed by atoms with Crippen LogP contribution in [0, 0.1) is 0 Å². The van der Waals surface area contributed by atoms with Gasteiger partial charge >= 0.3 is 0 Å². The second kappa shape index (κ2) is 9.09. The van der Waals surface area contributed by atoms with Crippen LogP contribution in [0.15, 0.2) is 46.9 Å². The lowest BCUT2D eigenvalue weighted by Crippen LogP contribution is -2.12. The second-order valence-electron chi connectivity index (χ2n) is 7.11. The van der Waals surface area contributed by atoms with Gasteiger partial charge < -0.3 is 14.8 Å². The number of methoxy groups -OCH3 is 1. The SMILES string of the molecule is CCOc1ccc(/C=C/C(=O)Nc2ccc(C(C)(C)C)cc2Br)cc1OC. The molecule has 4 nitrogen and oxygen atoms in total. The number of nitrogens with one attached hydrogen (secondary N) is 1. The molecular formula is C22H26BrNO3. The molecule has 0 saturated heterocycles. The van der Waals surface area contributed by atoms with Crippen molar-refractivity contribution in [2.24, 2.45) is 0 Å². The predicted molar refractivity (Wildman–Crippen MR) is 115 cm³/mol. The molecule has 0 radical (unpaired) electrons. The average Bonchev–Trinajstić information content (AvgIpc) is 2.62. The molecule has 5 heteroatoms. The molecule has 1 N–H and O–H groups in total. The smallest absolute Gasteiger partial charge is 0.248 e. The van der Waals surface area contributed by atoms with E-state index in [1.807, 2.05) is 43.3 Å². The molecule has 0 fully saturated rings. The Hall–Kier alpha value is -2.27. The van der Waals surface area contributed by atoms with Crippen LogP contribution >= 0.6 is 15.9 Å². The van der Waals surface area contributed by atoms with Gasteiger partial charge in [0.25, 0.3) is 0 Å². The number of carbonyl (C=O) groups excluding carboxylic acids is 1. The molecule has 0 atom stereocenters. The minimum Gasteiger partial charge on any atom is -0.493 e. The van der Waals surface area contributed by atoms with Gasteiger partial charge in [-0.1, -0.05) is 32.9 Å². The quantitative estimate of drug-likeness (QED) is 0.587. The minimum absolute atomic E-state index is 0.0532. The van der Waals surface area contributed by atoms with E-state index in [0.29, 0.717) is 18.1 Å². The zero-order chi connectivity index (χ0) is 20.0. The Morgan fingerprint density at radius 3 is 2.48 bits per heavy atom. The van der Waals surface area contributed by atoms with Gasteiger partial charge in [-0.3, -0.25) is 4.79 Å². The van der Waals surface area contributed by atoms with E-state index in [2.05, 4.69) is 42.0 Å². The fourth-order valence-corrected chi connectivity index (χ4v) is 2.97. The Morgan fingerprint density at radius 1 is 1.15 bits per heavy atom. The van der Waals surface area contributed by atoms with Gasteiger partial charge in [0.1, 0.15) is 0 Å². The lowest BCUT2D eigenvalue weighted by atomic mass is 9.87. The Kier molecular flexibility index (Phi) is 7.08. The third-order valence-corrected chi connectivity index (χ3v) is 4.66. The van der Waals surface area contributed by atoms with Crippen LogP contribution < -0.4 is 14.8 Å². The summed E-state index contributed by atoms with van der Waals surface area (Å²) in [6, 6.07) is 11.5. The number of hydrogen-bond acceptors (Lipinski definition) is 3. The van der Waals surface area contributed by atoms with Crippen LogP contribution in [0.4, 0.5) is 5.69 Å². The molecule has 0 aromatic heterocycles. The van der Waals surface area contributed by atoms with E-state index in [9.17, 15) is 4.79 Å². The maximum atomic E-state index is 12.3. The molecule has 27 heavy (non-hydrogen) atoms. The van der Waals surface area contributed by atoms with Crippen molar-refractivity contribution in [2.75, 3.05) is 19.0 Å². The maximum absolute atomic E-state index is 12.3. The topological polar surface area (TPSA) is 47.6 Å². The zero-order valence-corrected chi connectivity index (χ0v) is 18.0. The summed E-state index contributed by atoms with van der Waals surface area (Å²) in [5.74, 6) is 1.12. The van der Waals surface area contributed by atoms with Crippen molar-refractivity contribution in [3.63, 3.8) is 0 Å². The lowest BCUT2D eigenvalue weighted by molar-refractivity contribution is -0.111. The molecule has 0 aliphatic heterocycles. The lowest BCUT2D eigenvalue weighted by Gasteiger charge is -2.20. The standard InChI is InChI=1S/C22H26BrNO3/c1-6-27-19-11-7-15(13-20(19)26-5)8-12-21(25)24-18-10-9-16(14-17(18)23)22(2,3)4/h7-14H,6H2,1-5H3,(H,24,25)/b12-8+. The van der Waals surface area contributed by atoms with E-state index in [0.717, 1.165) is 15.7 Å². The largest absolute Gasteiger partial charge is 0.493 e. The van der Waals surface area contributed by atoms with Crippen LogP contribution in [0.5, 0.6) is 11.5 Å². The third-order valence-electron chi connectivity index (χ3n) is 4.01. The molecular weight excluding hydrogens is 406 g/mol. The molecule has 2 rings (SSSR count). The molecule has 0 aliphatic rings. The third kappa shape index (κ3) is 5.86. The summed E-state index contributed by atoms with van der Waals surface area (Å²) in [4.78, 5) is 12.3. The van der Waals surface area contributed by atoms with Crippen molar-refractivity contribution < 1.29 is 14.3 Å². The molecule has 0 saturated carbocycles. The summed E-state index contributed by atoms with van der Waals surface area (Å²) in [5, 5.41) is 2.89. The number of carbonyl (C=O) groups is 1. The van der Waals surface area contributed by atoms with Crippen molar-refractivity contribution in [3.05, 3.63) is 58.1 Å². The van der Waals surface area contributed by atoms with Gasteiger partial charge in [0.05, 0.1) is 19.4 Å². The summed E-state index contributed by atoms with van der Waals surface area (Å²) in [6.07, 6.45) is 3.24. The maximum Gasteiger partial charge on any atom is 0.248 e. The number of amides is 1. The summed E-state index contributed by atoms with van der Waals surface area (Å²) in [7, 11) is 1.59. The van der Waals surface area contributed by atoms with Crippen LogP contribution in [0.25, 0.3) is 6.08 Å². The fourth-order valence-electron chi connectivity index (χ4n) is 2.49. The Labute approximate surface area is 169 Å². The summed E-state index contributed by atoms with van der Waals surface area (Å²) < 4.78 is 11.7. The first-order valence-electron chi connectivity index (χ1n) is 8.84. The molecule has 0 spiro atoms. The predicted octanol–water partition coefficient (Wildman–Crippen LogP) is 5.81. The number of rotatable bonds is 6. The molecule has 0 aliphatic carbocycles. The van der Waals surface area contributed by atoms with Crippen LogP contribution in [0.3, 0.4) is 0 Å². The number of anilines is 1. The number of ether oxygens (including phenoxy) is 2. The first-order chi connectivity index (χ1) is 12.7. The van der Waals surface area contributed by atoms with E-state index in [1.165, 1.54) is 11.6 Å². The van der Waals surface area contributed by atoms with Gasteiger partial charge in [-0.15, -0.1) is 0 Å². The van der Waals surface area contributed by atoms with Gasteiger partial charge in [0, 0.05) is 10.5 Å². The Bertz CT molecular complexity index is 838. The van der Waals surface area contributed by atoms with Crippen LogP contribution in [-0.2, 0) is 10.2 Å². The molecule has 1 amide bonds. The first-order valence-corrected chi connectivity index (χ1v) is 9.64. The highest BCUT2D eigenvalue weighted by Crippen LogP contribution is 2.30. The van der Waals surface area contributed by atoms with E-state index >= 15 is 0 Å². The Balaban J connectivity index is 2.09. The van der Waals surface area contributed by atoms with Crippen molar-refractivity contribution in [2.45, 2.75) is 33.1 Å². The molecule has 0 heterocycles. The molecule has 2 aromatic carbocycles. The van der Waals surface area contributed by atoms with Gasteiger partial charge in [0.2, 0.25) is 5.91 Å². The fraction of sp³-hybridized carbons (Fsp3) is 0.318. The van der Waals surface area contributed by atoms with Crippen molar-refractivity contribution in [3.8, 4) is 11.5 Å². The number of hydrogen-bond donors (Lipinski definition) is 1. The van der Waals surface area contributed by atoms with Crippen molar-refractivity contribution >= 4 is 33.6 Å². The van der Waals surface area contributed by atoms with Crippen LogP contribution in [-0.4, -0.2) is 19.6 Å². The highest BCUT2D eigenvalue weighted by Gasteiger charge is 2.15. The van der Waals surface area contributed by atoms with Gasteiger partial charge in [-0.05, 0) is 69.7 Å². The minimum atomic E-state index is -0.202. The summed E-state index contributed by atoms with van der Waals surface area (Å²) in [5.41, 5.74) is 2.84. The average molecular weight is 432 g/mol. The molecule has 144 valence electrons. The number of halogens is 1. The van der Waals surface area contributed by atoms with Gasteiger partial charge in [-0.2, -0.15) is 0 Å². The zero-order valence-electron chi connectivity index (χ0n) is 16.4. The molecule has 0 unspecified atom stereocenters. The molecule has 2 aromatic rings. The van der Waals surface area contributed by atoms with Crippen molar-refractivity contribution in [1.82, 2.24) is 0 Å². The van der Waals surface area contributed by atoms with Gasteiger partial charge in [0.15, 0.2) is 11.5 Å². The second-order valence-corrected chi connectivity index (χ2v) is 7.96. The number of benzene rings is 2. The van der Waals surface area contributed by atoms with Crippen LogP contribution in [0.2, 0.25) is 0 Å². The highest BCUT2D eigenvalue weighted by atomic mass is 79.9. The monoisotopic (exact) mass is 431 g/mol. The van der Waals surface area contributed by atoms with Crippen LogP contribution in [0.1, 0.15) is 38.8 Å². The van der Waals surface area contributed by atoms with E-state index in [-0.39, 0.29) is 11.3 Å². The van der Waals surface area contributed by atoms with E-state index in [1.54, 1.807) is 13.2 Å². The van der Waals surface area contributed by atoms with E-state index < -0.39 is 0 Å². The summed E-state index contributed by atoms with van der Waals surface area (Å²) in [6.45, 7) is 8.95. The summed E-state index contributed by atoms with van der Waals surface area (Å²) >= 11 is 3.54. The van der Waals surface area contributed by atoms with E-state index in [4.69, 9.17) is 9.47 Å². The molecule has 0 bridgehead atoms. The highest BCUT2D eigenvalue weighted by molar-refractivity contribution is 9.10. The normalized spacial score (nSPS) is 11.5. The first kappa shape index (κ1) is 21.0. The van der Waals surface area contributed by atoms with Crippen molar-refractivity contribution in [1.29, 1.82) is 0 Å².